The molecule has 5 rings (SSSR count). The number of hydrogen-bond acceptors (Lipinski definition) is 5. The minimum Gasteiger partial charge on any atom is -0.346 e. The molecular formula is C21H23N5S. The smallest absolute Gasteiger partial charge is 0.141 e. The Morgan fingerprint density at radius 2 is 2.00 bits per heavy atom. The monoisotopic (exact) mass is 377 g/mol. The van der Waals surface area contributed by atoms with Crippen LogP contribution in [-0.2, 0) is 13.0 Å². The number of rotatable bonds is 4. The van der Waals surface area contributed by atoms with Gasteiger partial charge < -0.3 is 9.47 Å². The predicted octanol–water partition coefficient (Wildman–Crippen LogP) is 4.96. The number of thiophene rings is 1. The number of fused-ring (bicyclic) bond motifs is 2. The van der Waals surface area contributed by atoms with Gasteiger partial charge in [0.1, 0.15) is 22.3 Å². The second kappa shape index (κ2) is 6.60. The van der Waals surface area contributed by atoms with Gasteiger partial charge in [0, 0.05) is 19.5 Å². The predicted molar refractivity (Wildman–Crippen MR) is 112 cm³/mol. The van der Waals surface area contributed by atoms with Crippen molar-refractivity contribution in [2.24, 2.45) is 0 Å². The topological polar surface area (TPSA) is 46.8 Å². The van der Waals surface area contributed by atoms with Crippen LogP contribution < -0.4 is 4.90 Å². The van der Waals surface area contributed by atoms with Crippen molar-refractivity contribution >= 4 is 38.4 Å². The SMILES string of the molecule is CCc1nc(N2CCCC2c2nc3ccccc3n2CC)c2ccsc2n1. The van der Waals surface area contributed by atoms with Crippen molar-refractivity contribution < 1.29 is 0 Å². The summed E-state index contributed by atoms with van der Waals surface area (Å²) in [5.41, 5.74) is 2.30. The minimum absolute atomic E-state index is 0.264. The average Bonchev–Trinajstić information content (AvgIpc) is 3.43. The Morgan fingerprint density at radius 1 is 1.11 bits per heavy atom. The second-order valence-corrected chi connectivity index (χ2v) is 7.91. The van der Waals surface area contributed by atoms with Crippen LogP contribution in [0.25, 0.3) is 21.3 Å². The first-order valence-corrected chi connectivity index (χ1v) is 10.6. The summed E-state index contributed by atoms with van der Waals surface area (Å²) in [4.78, 5) is 18.2. The van der Waals surface area contributed by atoms with Crippen LogP contribution in [0.3, 0.4) is 0 Å². The van der Waals surface area contributed by atoms with Gasteiger partial charge in [0.2, 0.25) is 0 Å². The minimum atomic E-state index is 0.264. The summed E-state index contributed by atoms with van der Waals surface area (Å²) in [6.45, 7) is 6.27. The van der Waals surface area contributed by atoms with Crippen molar-refractivity contribution in [2.75, 3.05) is 11.4 Å². The van der Waals surface area contributed by atoms with Crippen molar-refractivity contribution in [1.29, 1.82) is 0 Å². The summed E-state index contributed by atoms with van der Waals surface area (Å²) >= 11 is 1.70. The summed E-state index contributed by atoms with van der Waals surface area (Å²) in [7, 11) is 0. The lowest BCUT2D eigenvalue weighted by Gasteiger charge is -2.26. The first-order chi connectivity index (χ1) is 13.3. The zero-order valence-electron chi connectivity index (χ0n) is 15.7. The molecule has 1 fully saturated rings. The van der Waals surface area contributed by atoms with Gasteiger partial charge in [0.15, 0.2) is 0 Å². The van der Waals surface area contributed by atoms with Gasteiger partial charge in [0.25, 0.3) is 0 Å². The van der Waals surface area contributed by atoms with Gasteiger partial charge >= 0.3 is 0 Å². The molecule has 4 heterocycles. The van der Waals surface area contributed by atoms with Crippen molar-refractivity contribution in [2.45, 2.75) is 45.7 Å². The van der Waals surface area contributed by atoms with Gasteiger partial charge in [-0.1, -0.05) is 19.1 Å². The number of anilines is 1. The molecule has 1 aromatic carbocycles. The maximum Gasteiger partial charge on any atom is 0.141 e. The van der Waals surface area contributed by atoms with Crippen molar-refractivity contribution in [3.8, 4) is 0 Å². The molecular weight excluding hydrogens is 354 g/mol. The Bertz CT molecular complexity index is 1110. The zero-order valence-corrected chi connectivity index (χ0v) is 16.5. The molecule has 5 nitrogen and oxygen atoms in total. The maximum absolute atomic E-state index is 5.03. The summed E-state index contributed by atoms with van der Waals surface area (Å²) in [6, 6.07) is 10.9. The van der Waals surface area contributed by atoms with Gasteiger partial charge in [0.05, 0.1) is 22.5 Å². The Hall–Kier alpha value is -2.47. The van der Waals surface area contributed by atoms with Gasteiger partial charge in [-0.15, -0.1) is 11.3 Å². The number of aromatic nitrogens is 4. The van der Waals surface area contributed by atoms with E-state index in [0.29, 0.717) is 0 Å². The lowest BCUT2D eigenvalue weighted by molar-refractivity contribution is 0.606. The molecule has 138 valence electrons. The van der Waals surface area contributed by atoms with Gasteiger partial charge in [-0.25, -0.2) is 15.0 Å². The first-order valence-electron chi connectivity index (χ1n) is 9.76. The molecule has 1 atom stereocenters. The number of nitrogens with zero attached hydrogens (tertiary/aromatic N) is 5. The quantitative estimate of drug-likeness (QED) is 0.504. The van der Waals surface area contributed by atoms with E-state index in [0.717, 1.165) is 60.2 Å². The summed E-state index contributed by atoms with van der Waals surface area (Å²) in [5, 5.41) is 3.29. The third-order valence-corrected chi connectivity index (χ3v) is 6.30. The van der Waals surface area contributed by atoms with Crippen LogP contribution in [0, 0.1) is 0 Å². The van der Waals surface area contributed by atoms with Crippen LogP contribution in [0.1, 0.15) is 44.4 Å². The van der Waals surface area contributed by atoms with E-state index in [1.165, 1.54) is 10.9 Å². The lowest BCUT2D eigenvalue weighted by Crippen LogP contribution is -2.26. The molecule has 1 saturated heterocycles. The maximum atomic E-state index is 5.03. The Kier molecular flexibility index (Phi) is 4.08. The average molecular weight is 378 g/mol. The molecule has 1 aliphatic heterocycles. The van der Waals surface area contributed by atoms with Crippen LogP contribution in [0.5, 0.6) is 0 Å². The molecule has 0 saturated carbocycles. The largest absolute Gasteiger partial charge is 0.346 e. The zero-order chi connectivity index (χ0) is 18.4. The molecule has 0 N–H and O–H groups in total. The van der Waals surface area contributed by atoms with Crippen molar-refractivity contribution in [1.82, 2.24) is 19.5 Å². The van der Waals surface area contributed by atoms with E-state index >= 15 is 0 Å². The van der Waals surface area contributed by atoms with Crippen molar-refractivity contribution in [3.63, 3.8) is 0 Å². The fourth-order valence-corrected chi connectivity index (χ4v) is 5.01. The molecule has 0 aliphatic carbocycles. The number of para-hydroxylation sites is 2. The van der Waals surface area contributed by atoms with Crippen LogP contribution in [0.15, 0.2) is 35.7 Å². The van der Waals surface area contributed by atoms with Crippen LogP contribution in [0.4, 0.5) is 5.82 Å². The molecule has 0 amide bonds. The Balaban J connectivity index is 1.66. The highest BCUT2D eigenvalue weighted by molar-refractivity contribution is 7.16. The van der Waals surface area contributed by atoms with E-state index in [1.54, 1.807) is 11.3 Å². The molecule has 4 aromatic rings. The van der Waals surface area contributed by atoms with Crippen LogP contribution in [-0.4, -0.2) is 26.1 Å². The second-order valence-electron chi connectivity index (χ2n) is 7.01. The number of imidazole rings is 1. The molecule has 0 radical (unpaired) electrons. The number of hydrogen-bond donors (Lipinski definition) is 0. The molecule has 0 spiro atoms. The van der Waals surface area contributed by atoms with Gasteiger partial charge in [-0.3, -0.25) is 0 Å². The third kappa shape index (κ3) is 2.62. The third-order valence-electron chi connectivity index (χ3n) is 5.49. The molecule has 1 aliphatic rings. The van der Waals surface area contributed by atoms with E-state index in [9.17, 15) is 0 Å². The summed E-state index contributed by atoms with van der Waals surface area (Å²) < 4.78 is 2.37. The first kappa shape index (κ1) is 16.7. The fourth-order valence-electron chi connectivity index (χ4n) is 4.23. The van der Waals surface area contributed by atoms with E-state index in [2.05, 4.69) is 59.0 Å². The molecule has 27 heavy (non-hydrogen) atoms. The number of aryl methyl sites for hydroxylation is 2. The fraction of sp³-hybridized carbons (Fsp3) is 0.381. The van der Waals surface area contributed by atoms with E-state index in [4.69, 9.17) is 15.0 Å². The number of benzene rings is 1. The normalized spacial score (nSPS) is 17.4. The highest BCUT2D eigenvalue weighted by Crippen LogP contribution is 2.39. The molecule has 1 unspecified atom stereocenters. The highest BCUT2D eigenvalue weighted by atomic mass is 32.1. The van der Waals surface area contributed by atoms with Crippen molar-refractivity contribution in [3.05, 3.63) is 47.4 Å². The van der Waals surface area contributed by atoms with Crippen LogP contribution in [0.2, 0.25) is 0 Å². The highest BCUT2D eigenvalue weighted by Gasteiger charge is 2.32. The molecule has 3 aromatic heterocycles. The van der Waals surface area contributed by atoms with E-state index < -0.39 is 0 Å². The molecule has 6 heteroatoms. The Morgan fingerprint density at radius 3 is 2.85 bits per heavy atom. The summed E-state index contributed by atoms with van der Waals surface area (Å²) in [6.07, 6.45) is 3.13. The van der Waals surface area contributed by atoms with Crippen LogP contribution >= 0.6 is 11.3 Å². The van der Waals surface area contributed by atoms with Gasteiger partial charge in [-0.2, -0.15) is 0 Å². The Labute approximate surface area is 162 Å². The molecule has 0 bridgehead atoms. The standard InChI is InChI=1S/C21H23N5S/c1-3-18-23-19(14-11-13-27-21(14)24-18)26-12-7-10-17(26)20-22-15-8-5-6-9-16(15)25(20)4-2/h5-6,8-9,11,13,17H,3-4,7,10,12H2,1-2H3. The lowest BCUT2D eigenvalue weighted by atomic mass is 10.2. The van der Waals surface area contributed by atoms with Gasteiger partial charge in [-0.05, 0) is 43.3 Å². The van der Waals surface area contributed by atoms with E-state index in [-0.39, 0.29) is 6.04 Å². The summed E-state index contributed by atoms with van der Waals surface area (Å²) in [5.74, 6) is 3.17. The van der Waals surface area contributed by atoms with E-state index in [1.807, 2.05) is 0 Å².